The molecule has 3 rings (SSSR count). The zero-order chi connectivity index (χ0) is 14.8. The average molecular weight is 307 g/mol. The maximum Gasteiger partial charge on any atom is 0.132 e. The maximum absolute atomic E-state index is 14.2. The van der Waals surface area contributed by atoms with Crippen molar-refractivity contribution in [2.24, 2.45) is 0 Å². The first-order valence-electron chi connectivity index (χ1n) is 7.69. The van der Waals surface area contributed by atoms with Gasteiger partial charge in [-0.1, -0.05) is 19.9 Å². The molecule has 1 aromatic carbocycles. The Morgan fingerprint density at radius 2 is 2.19 bits per heavy atom. The Balaban J connectivity index is 1.89. The Bertz CT molecular complexity index is 619. The van der Waals surface area contributed by atoms with Crippen LogP contribution in [0.25, 0.3) is 10.1 Å². The summed E-state index contributed by atoms with van der Waals surface area (Å²) in [5.41, 5.74) is 1.04. The topological polar surface area (TPSA) is 21.3 Å². The number of halogens is 1. The van der Waals surface area contributed by atoms with Crippen molar-refractivity contribution in [2.45, 2.75) is 58.4 Å². The van der Waals surface area contributed by atoms with Crippen molar-refractivity contribution in [3.05, 3.63) is 34.5 Å². The van der Waals surface area contributed by atoms with E-state index in [9.17, 15) is 4.39 Å². The van der Waals surface area contributed by atoms with E-state index in [1.807, 2.05) is 6.07 Å². The molecule has 1 fully saturated rings. The largest absolute Gasteiger partial charge is 0.373 e. The summed E-state index contributed by atoms with van der Waals surface area (Å²) in [6.45, 7) is 5.55. The molecule has 1 aromatic heterocycles. The third-order valence-corrected chi connectivity index (χ3v) is 5.23. The second-order valence-electron chi connectivity index (χ2n) is 6.02. The summed E-state index contributed by atoms with van der Waals surface area (Å²) in [4.78, 5) is 1.20. The Morgan fingerprint density at radius 3 is 2.86 bits per heavy atom. The van der Waals surface area contributed by atoms with Crippen molar-refractivity contribution < 1.29 is 9.13 Å². The molecule has 21 heavy (non-hydrogen) atoms. The van der Waals surface area contributed by atoms with Crippen LogP contribution >= 0.6 is 11.3 Å². The highest BCUT2D eigenvalue weighted by Gasteiger charge is 2.21. The first-order chi connectivity index (χ1) is 10.1. The Kier molecular flexibility index (Phi) is 4.57. The predicted octanol–water partition coefficient (Wildman–Crippen LogP) is 4.61. The molecule has 0 aliphatic heterocycles. The molecule has 0 unspecified atom stereocenters. The SMILES string of the molecule is CC(C)NCc1sc2cccc(F)c2c1COC1CCC1. The predicted molar refractivity (Wildman–Crippen MR) is 86.2 cm³/mol. The summed E-state index contributed by atoms with van der Waals surface area (Å²) in [6.07, 6.45) is 3.91. The Morgan fingerprint density at radius 1 is 1.38 bits per heavy atom. The maximum atomic E-state index is 14.2. The van der Waals surface area contributed by atoms with Gasteiger partial charge in [0.15, 0.2) is 0 Å². The van der Waals surface area contributed by atoms with Crippen molar-refractivity contribution >= 4 is 21.4 Å². The lowest BCUT2D eigenvalue weighted by atomic mass is 9.96. The van der Waals surface area contributed by atoms with Crippen LogP contribution in [0.15, 0.2) is 18.2 Å². The molecule has 2 aromatic rings. The van der Waals surface area contributed by atoms with Crippen LogP contribution in [0, 0.1) is 5.82 Å². The van der Waals surface area contributed by atoms with Gasteiger partial charge in [0.05, 0.1) is 12.7 Å². The van der Waals surface area contributed by atoms with Crippen molar-refractivity contribution in [1.29, 1.82) is 0 Å². The Labute approximate surface area is 129 Å². The van der Waals surface area contributed by atoms with Crippen molar-refractivity contribution in [2.75, 3.05) is 0 Å². The summed E-state index contributed by atoms with van der Waals surface area (Å²) < 4.78 is 21.2. The van der Waals surface area contributed by atoms with Crippen LogP contribution in [-0.2, 0) is 17.9 Å². The molecule has 0 saturated heterocycles. The number of benzene rings is 1. The zero-order valence-corrected chi connectivity index (χ0v) is 13.4. The van der Waals surface area contributed by atoms with Crippen LogP contribution in [-0.4, -0.2) is 12.1 Å². The number of hydrogen-bond donors (Lipinski definition) is 1. The molecule has 114 valence electrons. The molecule has 4 heteroatoms. The van der Waals surface area contributed by atoms with E-state index in [4.69, 9.17) is 4.74 Å². The van der Waals surface area contributed by atoms with Crippen LogP contribution in [0.3, 0.4) is 0 Å². The summed E-state index contributed by atoms with van der Waals surface area (Å²) in [6, 6.07) is 5.74. The minimum atomic E-state index is -0.133. The van der Waals surface area contributed by atoms with Crippen molar-refractivity contribution in [1.82, 2.24) is 5.32 Å². The highest BCUT2D eigenvalue weighted by Crippen LogP contribution is 2.35. The lowest BCUT2D eigenvalue weighted by Crippen LogP contribution is -2.23. The number of fused-ring (bicyclic) bond motifs is 1. The van der Waals surface area contributed by atoms with Crippen LogP contribution in [0.1, 0.15) is 43.6 Å². The van der Waals surface area contributed by atoms with Crippen LogP contribution < -0.4 is 5.32 Å². The van der Waals surface area contributed by atoms with Gasteiger partial charge in [-0.2, -0.15) is 0 Å². The van der Waals surface area contributed by atoms with Gasteiger partial charge < -0.3 is 10.1 Å². The lowest BCUT2D eigenvalue weighted by molar-refractivity contribution is -0.00838. The van der Waals surface area contributed by atoms with E-state index in [0.717, 1.165) is 35.0 Å². The van der Waals surface area contributed by atoms with Crippen LogP contribution in [0.2, 0.25) is 0 Å². The summed E-state index contributed by atoms with van der Waals surface area (Å²) >= 11 is 1.67. The van der Waals surface area contributed by atoms with E-state index < -0.39 is 0 Å². The molecule has 0 spiro atoms. The molecular weight excluding hydrogens is 285 g/mol. The fourth-order valence-corrected chi connectivity index (χ4v) is 3.72. The third kappa shape index (κ3) is 3.28. The van der Waals surface area contributed by atoms with Gasteiger partial charge >= 0.3 is 0 Å². The summed E-state index contributed by atoms with van der Waals surface area (Å²) in [7, 11) is 0. The molecule has 1 heterocycles. The molecule has 1 aliphatic carbocycles. The average Bonchev–Trinajstić information content (AvgIpc) is 2.74. The molecule has 0 radical (unpaired) electrons. The summed E-state index contributed by atoms with van der Waals surface area (Å²) in [5, 5.41) is 4.18. The highest BCUT2D eigenvalue weighted by molar-refractivity contribution is 7.19. The highest BCUT2D eigenvalue weighted by atomic mass is 32.1. The second kappa shape index (κ2) is 6.42. The quantitative estimate of drug-likeness (QED) is 0.841. The molecule has 0 amide bonds. The molecular formula is C17H22FNOS. The molecule has 1 aliphatic rings. The van der Waals surface area contributed by atoms with E-state index in [2.05, 4.69) is 19.2 Å². The van der Waals surface area contributed by atoms with Gasteiger partial charge in [-0.3, -0.25) is 0 Å². The van der Waals surface area contributed by atoms with Gasteiger partial charge in [0.1, 0.15) is 5.82 Å². The molecule has 1 N–H and O–H groups in total. The fourth-order valence-electron chi connectivity index (χ4n) is 2.55. The molecule has 0 bridgehead atoms. The lowest BCUT2D eigenvalue weighted by Gasteiger charge is -2.25. The number of ether oxygens (including phenoxy) is 1. The zero-order valence-electron chi connectivity index (χ0n) is 12.6. The van der Waals surface area contributed by atoms with Gasteiger partial charge in [0, 0.05) is 33.1 Å². The number of rotatable bonds is 6. The molecule has 0 atom stereocenters. The summed E-state index contributed by atoms with van der Waals surface area (Å²) in [5.74, 6) is -0.133. The number of nitrogens with one attached hydrogen (secondary N) is 1. The van der Waals surface area contributed by atoms with E-state index >= 15 is 0 Å². The standard InChI is InChI=1S/C17H22FNOS/c1-11(2)19-9-16-13(10-20-12-5-3-6-12)17-14(18)7-4-8-15(17)21-16/h4,7-8,11-12,19H,3,5-6,9-10H2,1-2H3. The fraction of sp³-hybridized carbons (Fsp3) is 0.529. The first-order valence-corrected chi connectivity index (χ1v) is 8.50. The van der Waals surface area contributed by atoms with Gasteiger partial charge in [-0.15, -0.1) is 11.3 Å². The van der Waals surface area contributed by atoms with Gasteiger partial charge in [-0.05, 0) is 31.4 Å². The second-order valence-corrected chi connectivity index (χ2v) is 7.15. The van der Waals surface area contributed by atoms with E-state index in [1.165, 1.54) is 11.3 Å². The monoisotopic (exact) mass is 307 g/mol. The minimum Gasteiger partial charge on any atom is -0.373 e. The van der Waals surface area contributed by atoms with Gasteiger partial charge in [0.2, 0.25) is 0 Å². The van der Waals surface area contributed by atoms with E-state index in [-0.39, 0.29) is 5.82 Å². The van der Waals surface area contributed by atoms with Crippen LogP contribution in [0.4, 0.5) is 4.39 Å². The van der Waals surface area contributed by atoms with Crippen molar-refractivity contribution in [3.8, 4) is 0 Å². The van der Waals surface area contributed by atoms with Gasteiger partial charge in [-0.25, -0.2) is 4.39 Å². The first kappa shape index (κ1) is 14.9. The smallest absolute Gasteiger partial charge is 0.132 e. The normalized spacial score (nSPS) is 15.8. The van der Waals surface area contributed by atoms with Gasteiger partial charge in [0.25, 0.3) is 0 Å². The van der Waals surface area contributed by atoms with Crippen LogP contribution in [0.5, 0.6) is 0 Å². The van der Waals surface area contributed by atoms with E-state index in [1.54, 1.807) is 23.5 Å². The van der Waals surface area contributed by atoms with Crippen molar-refractivity contribution in [3.63, 3.8) is 0 Å². The third-order valence-electron chi connectivity index (χ3n) is 4.03. The van der Waals surface area contributed by atoms with E-state index in [0.29, 0.717) is 18.8 Å². The Hall–Kier alpha value is -0.970. The minimum absolute atomic E-state index is 0.133. The number of hydrogen-bond acceptors (Lipinski definition) is 3. The molecule has 1 saturated carbocycles. The number of thiophene rings is 1. The molecule has 2 nitrogen and oxygen atoms in total.